The number of aryl methyl sites for hydroxylation is 1. The van der Waals surface area contributed by atoms with Crippen molar-refractivity contribution in [2.45, 2.75) is 43.5 Å². The number of nitrogens with zero attached hydrogens (tertiary/aromatic N) is 4. The van der Waals surface area contributed by atoms with Gasteiger partial charge in [-0.2, -0.15) is 0 Å². The van der Waals surface area contributed by atoms with Crippen LogP contribution in [0.1, 0.15) is 31.2 Å². The quantitative estimate of drug-likeness (QED) is 0.225. The van der Waals surface area contributed by atoms with Gasteiger partial charge in [0.25, 0.3) is 10.0 Å². The van der Waals surface area contributed by atoms with Crippen molar-refractivity contribution in [3.63, 3.8) is 0 Å². The van der Waals surface area contributed by atoms with Crippen LogP contribution in [0.25, 0.3) is 33.9 Å². The first kappa shape index (κ1) is 28.2. The number of hydrogen-bond donors (Lipinski definition) is 1. The second-order valence-corrected chi connectivity index (χ2v) is 13.3. The van der Waals surface area contributed by atoms with E-state index in [0.29, 0.717) is 17.3 Å². The summed E-state index contributed by atoms with van der Waals surface area (Å²) in [6.45, 7) is 1.87. The van der Waals surface area contributed by atoms with Crippen molar-refractivity contribution in [3.8, 4) is 22.8 Å². The lowest BCUT2D eigenvalue weighted by atomic mass is 9.61. The molecule has 0 spiro atoms. The Labute approximate surface area is 253 Å². The van der Waals surface area contributed by atoms with Crippen LogP contribution in [0.4, 0.5) is 10.2 Å². The fourth-order valence-electron chi connectivity index (χ4n) is 6.73. The summed E-state index contributed by atoms with van der Waals surface area (Å²) in [5.41, 5.74) is 1.66. The molecule has 226 valence electrons. The Hall–Kier alpha value is -4.58. The first-order chi connectivity index (χ1) is 21.2. The lowest BCUT2D eigenvalue weighted by Crippen LogP contribution is -2.51. The van der Waals surface area contributed by atoms with Gasteiger partial charge in [-0.15, -0.1) is 0 Å². The van der Waals surface area contributed by atoms with Gasteiger partial charge in [-0.1, -0.05) is 17.7 Å². The Balaban J connectivity index is 1.38. The van der Waals surface area contributed by atoms with Crippen LogP contribution < -0.4 is 5.32 Å². The van der Waals surface area contributed by atoms with Crippen molar-refractivity contribution in [1.29, 1.82) is 0 Å². The predicted octanol–water partition coefficient (Wildman–Crippen LogP) is 5.83. The van der Waals surface area contributed by atoms with Gasteiger partial charge in [0.1, 0.15) is 17.3 Å². The molecule has 0 aliphatic heterocycles. The van der Waals surface area contributed by atoms with Gasteiger partial charge in [0.15, 0.2) is 17.2 Å². The number of methoxy groups -OCH3 is 1. The number of benzene rings is 1. The van der Waals surface area contributed by atoms with Gasteiger partial charge in [0, 0.05) is 29.3 Å². The van der Waals surface area contributed by atoms with Crippen LogP contribution in [0.5, 0.6) is 0 Å². The summed E-state index contributed by atoms with van der Waals surface area (Å²) in [5.74, 6) is 0.313. The number of rotatable bonds is 7. The van der Waals surface area contributed by atoms with Crippen LogP contribution in [-0.4, -0.2) is 46.5 Å². The summed E-state index contributed by atoms with van der Waals surface area (Å²) in [6, 6.07) is 12.7. The number of furan rings is 1. The molecule has 3 aliphatic rings. The number of nitrogens with one attached hydrogen (secondary N) is 1. The highest BCUT2D eigenvalue weighted by molar-refractivity contribution is 7.90. The maximum absolute atomic E-state index is 14.6. The number of hydrogen-bond acceptors (Lipinski definition) is 9. The molecule has 0 saturated heterocycles. The molecule has 8 rings (SSSR count). The maximum atomic E-state index is 14.6. The van der Waals surface area contributed by atoms with Crippen molar-refractivity contribution < 1.29 is 26.8 Å². The molecular weight excluding hydrogens is 585 g/mol. The van der Waals surface area contributed by atoms with E-state index in [9.17, 15) is 17.6 Å². The van der Waals surface area contributed by atoms with E-state index in [1.54, 1.807) is 30.3 Å². The molecule has 2 atom stereocenters. The van der Waals surface area contributed by atoms with Gasteiger partial charge in [-0.05, 0) is 74.8 Å². The first-order valence-electron chi connectivity index (χ1n) is 14.5. The maximum Gasteiger partial charge on any atom is 0.311 e. The SMILES string of the molecule is COC(=O)C1C2CCC(CC2)C1Nc1cc(-c2ccco2)nc(-c2cn(S(=O)(=O)c3ccc(C)cc3)c3ncc(F)cc23)n1. The predicted molar refractivity (Wildman–Crippen MR) is 161 cm³/mol. The van der Waals surface area contributed by atoms with Gasteiger partial charge in [-0.3, -0.25) is 4.79 Å². The van der Waals surface area contributed by atoms with Crippen molar-refractivity contribution in [2.75, 3.05) is 12.4 Å². The Kier molecular flexibility index (Phi) is 6.95. The topological polar surface area (TPSA) is 129 Å². The van der Waals surface area contributed by atoms with E-state index in [-0.39, 0.29) is 57.1 Å². The normalized spacial score (nSPS) is 21.4. The van der Waals surface area contributed by atoms with Gasteiger partial charge < -0.3 is 14.5 Å². The molecule has 44 heavy (non-hydrogen) atoms. The zero-order valence-corrected chi connectivity index (χ0v) is 24.9. The molecule has 10 nitrogen and oxygen atoms in total. The van der Waals surface area contributed by atoms with Crippen molar-refractivity contribution in [2.24, 2.45) is 17.8 Å². The molecule has 1 aromatic carbocycles. The monoisotopic (exact) mass is 615 g/mol. The minimum absolute atomic E-state index is 0.0406. The second-order valence-electron chi connectivity index (χ2n) is 11.5. The van der Waals surface area contributed by atoms with Crippen LogP contribution in [-0.2, 0) is 19.6 Å². The molecule has 0 amide bonds. The Bertz CT molecular complexity index is 1970. The molecule has 3 saturated carbocycles. The van der Waals surface area contributed by atoms with Gasteiger partial charge in [0.2, 0.25) is 0 Å². The molecule has 4 aromatic heterocycles. The summed E-state index contributed by atoms with van der Waals surface area (Å²) < 4.78 is 54.1. The van der Waals surface area contributed by atoms with E-state index < -0.39 is 15.8 Å². The lowest BCUT2D eigenvalue weighted by Gasteiger charge is -2.47. The third kappa shape index (κ3) is 4.83. The summed E-state index contributed by atoms with van der Waals surface area (Å²) in [6.07, 6.45) is 7.81. The third-order valence-electron chi connectivity index (χ3n) is 8.90. The standard InChI is InChI=1S/C32H30FN5O5S/c1-18-5-11-22(12-6-18)44(40,41)38-17-24(23-14-21(33)16-34-31(23)38)30-35-25(26-4-3-13-43-26)15-27(37-30)36-29-20-9-7-19(8-10-20)28(29)32(39)42-2/h3-6,11-17,19-20,28-29H,7-10H2,1-2H3,(H,35,36,37). The average molecular weight is 616 g/mol. The number of pyridine rings is 1. The highest BCUT2D eigenvalue weighted by atomic mass is 32.2. The van der Waals surface area contributed by atoms with Crippen LogP contribution in [0, 0.1) is 30.5 Å². The molecule has 5 aromatic rings. The zero-order chi connectivity index (χ0) is 30.6. The smallest absolute Gasteiger partial charge is 0.311 e. The van der Waals surface area contributed by atoms with Crippen LogP contribution >= 0.6 is 0 Å². The van der Waals surface area contributed by atoms with Crippen LogP contribution in [0.3, 0.4) is 0 Å². The van der Waals surface area contributed by atoms with Crippen molar-refractivity contribution in [1.82, 2.24) is 18.9 Å². The fourth-order valence-corrected chi connectivity index (χ4v) is 8.06. The number of aromatic nitrogens is 4. The Morgan fingerprint density at radius 1 is 1.07 bits per heavy atom. The summed E-state index contributed by atoms with van der Waals surface area (Å²) in [5, 5.41) is 3.74. The molecule has 1 N–H and O–H groups in total. The van der Waals surface area contributed by atoms with E-state index in [1.807, 2.05) is 6.92 Å². The molecule has 0 radical (unpaired) electrons. The summed E-state index contributed by atoms with van der Waals surface area (Å²) in [4.78, 5) is 26.6. The van der Waals surface area contributed by atoms with E-state index >= 15 is 0 Å². The zero-order valence-electron chi connectivity index (χ0n) is 24.1. The number of ether oxygens (including phenoxy) is 1. The van der Waals surface area contributed by atoms with Crippen LogP contribution in [0.2, 0.25) is 0 Å². The number of halogens is 1. The number of carbonyl (C=O) groups is 1. The first-order valence-corrected chi connectivity index (χ1v) is 15.9. The van der Waals surface area contributed by atoms with E-state index in [0.717, 1.165) is 41.4 Å². The minimum Gasteiger partial charge on any atom is -0.469 e. The number of anilines is 1. The molecular formula is C32H30FN5O5S. The molecule has 2 bridgehead atoms. The second kappa shape index (κ2) is 10.8. The number of carbonyl (C=O) groups excluding carboxylic acids is 1. The van der Waals surface area contributed by atoms with E-state index in [4.69, 9.17) is 19.1 Å². The average Bonchev–Trinajstić information content (AvgIpc) is 3.70. The highest BCUT2D eigenvalue weighted by Crippen LogP contribution is 2.47. The van der Waals surface area contributed by atoms with Gasteiger partial charge >= 0.3 is 5.97 Å². The lowest BCUT2D eigenvalue weighted by molar-refractivity contribution is -0.152. The minimum atomic E-state index is -4.10. The largest absolute Gasteiger partial charge is 0.469 e. The molecule has 2 unspecified atom stereocenters. The number of fused-ring (bicyclic) bond motifs is 4. The van der Waals surface area contributed by atoms with E-state index in [1.165, 1.54) is 37.8 Å². The molecule has 3 fully saturated rings. The van der Waals surface area contributed by atoms with Crippen LogP contribution in [0.15, 0.2) is 76.5 Å². The van der Waals surface area contributed by atoms with Crippen molar-refractivity contribution in [3.05, 3.63) is 78.6 Å². The Morgan fingerprint density at radius 3 is 2.52 bits per heavy atom. The third-order valence-corrected chi connectivity index (χ3v) is 10.6. The molecule has 3 aliphatic carbocycles. The molecule has 12 heteroatoms. The summed E-state index contributed by atoms with van der Waals surface area (Å²) >= 11 is 0. The fraction of sp³-hybridized carbons (Fsp3) is 0.312. The van der Waals surface area contributed by atoms with Crippen molar-refractivity contribution >= 4 is 32.8 Å². The summed E-state index contributed by atoms with van der Waals surface area (Å²) in [7, 11) is -2.69. The van der Waals surface area contributed by atoms with Gasteiger partial charge in [0.05, 0.1) is 30.4 Å². The van der Waals surface area contributed by atoms with Gasteiger partial charge in [-0.25, -0.2) is 31.7 Å². The Morgan fingerprint density at radius 2 is 1.82 bits per heavy atom. The van der Waals surface area contributed by atoms with E-state index in [2.05, 4.69) is 10.3 Å². The number of esters is 1. The molecule has 4 heterocycles. The highest BCUT2D eigenvalue weighted by Gasteiger charge is 2.48.